The van der Waals surface area contributed by atoms with Gasteiger partial charge in [-0.15, -0.1) is 0 Å². The highest BCUT2D eigenvalue weighted by atomic mass is 32.2. The lowest BCUT2D eigenvalue weighted by molar-refractivity contribution is 0.464. The summed E-state index contributed by atoms with van der Waals surface area (Å²) in [5, 5.41) is 3.38. The maximum Gasteiger partial charge on any atom is 0.180 e. The summed E-state index contributed by atoms with van der Waals surface area (Å²) in [4.78, 5) is 2.74. The summed E-state index contributed by atoms with van der Waals surface area (Å²) in [6.45, 7) is 6.72. The van der Waals surface area contributed by atoms with Crippen LogP contribution in [0.1, 0.15) is 26.7 Å². The summed E-state index contributed by atoms with van der Waals surface area (Å²) < 4.78 is 24.9. The SMILES string of the molecule is CCCS(=O)(=O)c1ccccc1N1CCNCC1CC. The largest absolute Gasteiger partial charge is 0.365 e. The molecule has 1 fully saturated rings. The lowest BCUT2D eigenvalue weighted by atomic mass is 10.1. The van der Waals surface area contributed by atoms with E-state index < -0.39 is 9.84 Å². The molecule has 0 aromatic heterocycles. The van der Waals surface area contributed by atoms with Crippen molar-refractivity contribution in [3.05, 3.63) is 24.3 Å². The zero-order valence-electron chi connectivity index (χ0n) is 12.3. The van der Waals surface area contributed by atoms with Crippen LogP contribution >= 0.6 is 0 Å². The highest BCUT2D eigenvalue weighted by molar-refractivity contribution is 7.91. The molecule has 1 heterocycles. The van der Waals surface area contributed by atoms with Crippen molar-refractivity contribution in [2.45, 2.75) is 37.6 Å². The predicted octanol–water partition coefficient (Wildman–Crippen LogP) is 2.06. The maximum atomic E-state index is 12.4. The van der Waals surface area contributed by atoms with E-state index in [2.05, 4.69) is 17.1 Å². The Morgan fingerprint density at radius 2 is 2.05 bits per heavy atom. The molecule has 112 valence electrons. The van der Waals surface area contributed by atoms with Crippen molar-refractivity contribution in [2.24, 2.45) is 0 Å². The molecule has 5 heteroatoms. The molecule has 1 saturated heterocycles. The van der Waals surface area contributed by atoms with Crippen molar-refractivity contribution >= 4 is 15.5 Å². The topological polar surface area (TPSA) is 49.4 Å². The quantitative estimate of drug-likeness (QED) is 0.903. The standard InChI is InChI=1S/C15H24N2O2S/c1-3-11-20(18,19)15-8-6-5-7-14(15)17-10-9-16-12-13(17)4-2/h5-8,13,16H,3-4,9-12H2,1-2H3. The van der Waals surface area contributed by atoms with Crippen LogP contribution in [0, 0.1) is 0 Å². The number of piperazine rings is 1. The van der Waals surface area contributed by atoms with Gasteiger partial charge < -0.3 is 10.2 Å². The van der Waals surface area contributed by atoms with Crippen LogP contribution in [0.4, 0.5) is 5.69 Å². The first kappa shape index (κ1) is 15.3. The zero-order chi connectivity index (χ0) is 14.6. The molecule has 0 saturated carbocycles. The summed E-state index contributed by atoms with van der Waals surface area (Å²) in [6, 6.07) is 7.79. The van der Waals surface area contributed by atoms with E-state index in [-0.39, 0.29) is 5.75 Å². The molecule has 2 rings (SSSR count). The second-order valence-corrected chi connectivity index (χ2v) is 7.32. The van der Waals surface area contributed by atoms with E-state index in [1.54, 1.807) is 6.07 Å². The van der Waals surface area contributed by atoms with E-state index in [0.717, 1.165) is 31.7 Å². The molecule has 1 aromatic carbocycles. The molecule has 1 aromatic rings. The molecule has 4 nitrogen and oxygen atoms in total. The van der Waals surface area contributed by atoms with E-state index in [1.165, 1.54) is 0 Å². The average molecular weight is 296 g/mol. The fraction of sp³-hybridized carbons (Fsp3) is 0.600. The number of sulfone groups is 1. The van der Waals surface area contributed by atoms with Crippen LogP contribution < -0.4 is 10.2 Å². The normalized spacial score (nSPS) is 20.1. The van der Waals surface area contributed by atoms with Gasteiger partial charge in [-0.1, -0.05) is 26.0 Å². The van der Waals surface area contributed by atoms with Crippen LogP contribution in [0.3, 0.4) is 0 Å². The van der Waals surface area contributed by atoms with Crippen LogP contribution in [-0.2, 0) is 9.84 Å². The molecule has 1 aliphatic heterocycles. The van der Waals surface area contributed by atoms with Crippen LogP contribution in [0.2, 0.25) is 0 Å². The van der Waals surface area contributed by atoms with Gasteiger partial charge in [-0.05, 0) is 25.0 Å². The number of nitrogens with one attached hydrogen (secondary N) is 1. The van der Waals surface area contributed by atoms with E-state index in [9.17, 15) is 8.42 Å². The molecule has 0 amide bonds. The maximum absolute atomic E-state index is 12.4. The van der Waals surface area contributed by atoms with Crippen molar-refractivity contribution in [1.29, 1.82) is 0 Å². The molecular weight excluding hydrogens is 272 g/mol. The van der Waals surface area contributed by atoms with Crippen LogP contribution in [0.25, 0.3) is 0 Å². The smallest absolute Gasteiger partial charge is 0.180 e. The molecule has 1 N–H and O–H groups in total. The van der Waals surface area contributed by atoms with Gasteiger partial charge in [-0.3, -0.25) is 0 Å². The third-order valence-electron chi connectivity index (χ3n) is 3.80. The zero-order valence-corrected chi connectivity index (χ0v) is 13.1. The Morgan fingerprint density at radius 1 is 1.30 bits per heavy atom. The Morgan fingerprint density at radius 3 is 2.75 bits per heavy atom. The van der Waals surface area contributed by atoms with E-state index in [1.807, 2.05) is 25.1 Å². The Hall–Kier alpha value is -1.07. The molecule has 1 aliphatic rings. The van der Waals surface area contributed by atoms with Gasteiger partial charge in [0.15, 0.2) is 9.84 Å². The molecule has 20 heavy (non-hydrogen) atoms. The first-order valence-corrected chi connectivity index (χ1v) is 9.04. The van der Waals surface area contributed by atoms with Gasteiger partial charge >= 0.3 is 0 Å². The molecule has 1 unspecified atom stereocenters. The Kier molecular flexibility index (Phi) is 5.05. The van der Waals surface area contributed by atoms with Crippen molar-refractivity contribution in [1.82, 2.24) is 5.32 Å². The second kappa shape index (κ2) is 6.59. The summed E-state index contributed by atoms with van der Waals surface area (Å²) in [6.07, 6.45) is 1.66. The first-order chi connectivity index (χ1) is 9.60. The minimum absolute atomic E-state index is 0.215. The highest BCUT2D eigenvalue weighted by Gasteiger charge is 2.26. The van der Waals surface area contributed by atoms with Crippen molar-refractivity contribution < 1.29 is 8.42 Å². The fourth-order valence-corrected chi connectivity index (χ4v) is 4.33. The number of benzene rings is 1. The summed E-state index contributed by atoms with van der Waals surface area (Å²) in [5.41, 5.74) is 0.870. The monoisotopic (exact) mass is 296 g/mol. The number of hydrogen-bond donors (Lipinski definition) is 1. The van der Waals surface area contributed by atoms with Gasteiger partial charge in [0.25, 0.3) is 0 Å². The van der Waals surface area contributed by atoms with Gasteiger partial charge in [-0.2, -0.15) is 0 Å². The lowest BCUT2D eigenvalue weighted by Crippen LogP contribution is -2.51. The molecule has 0 aliphatic carbocycles. The Bertz CT molecular complexity index is 543. The Labute approximate surface area is 122 Å². The molecule has 0 bridgehead atoms. The number of rotatable bonds is 5. The van der Waals surface area contributed by atoms with Gasteiger partial charge in [0.2, 0.25) is 0 Å². The highest BCUT2D eigenvalue weighted by Crippen LogP contribution is 2.29. The van der Waals surface area contributed by atoms with Gasteiger partial charge in [-0.25, -0.2) is 8.42 Å². The van der Waals surface area contributed by atoms with Gasteiger partial charge in [0, 0.05) is 25.7 Å². The minimum atomic E-state index is -3.18. The summed E-state index contributed by atoms with van der Waals surface area (Å²) in [5.74, 6) is 0.215. The molecule has 1 atom stereocenters. The second-order valence-electron chi connectivity index (χ2n) is 5.25. The third kappa shape index (κ3) is 3.15. The first-order valence-electron chi connectivity index (χ1n) is 7.39. The van der Waals surface area contributed by atoms with E-state index >= 15 is 0 Å². The number of hydrogen-bond acceptors (Lipinski definition) is 4. The van der Waals surface area contributed by atoms with Gasteiger partial charge in [0.05, 0.1) is 16.3 Å². The summed E-state index contributed by atoms with van der Waals surface area (Å²) in [7, 11) is -3.18. The molecule has 0 radical (unpaired) electrons. The van der Waals surface area contributed by atoms with Crippen molar-refractivity contribution in [3.8, 4) is 0 Å². The predicted molar refractivity (Wildman–Crippen MR) is 83.1 cm³/mol. The van der Waals surface area contributed by atoms with Gasteiger partial charge in [0.1, 0.15) is 0 Å². The molecule has 0 spiro atoms. The van der Waals surface area contributed by atoms with Crippen LogP contribution in [0.5, 0.6) is 0 Å². The van der Waals surface area contributed by atoms with Crippen LogP contribution in [-0.4, -0.2) is 39.8 Å². The lowest BCUT2D eigenvalue weighted by Gasteiger charge is -2.38. The third-order valence-corrected chi connectivity index (χ3v) is 5.77. The summed E-state index contributed by atoms with van der Waals surface area (Å²) >= 11 is 0. The van der Waals surface area contributed by atoms with Crippen LogP contribution in [0.15, 0.2) is 29.2 Å². The fourth-order valence-electron chi connectivity index (χ4n) is 2.78. The number of nitrogens with zero attached hydrogens (tertiary/aromatic N) is 1. The Balaban J connectivity index is 2.41. The average Bonchev–Trinajstić information content (AvgIpc) is 2.47. The van der Waals surface area contributed by atoms with Crippen molar-refractivity contribution in [2.75, 3.05) is 30.3 Å². The van der Waals surface area contributed by atoms with E-state index in [0.29, 0.717) is 17.4 Å². The molecular formula is C15H24N2O2S. The number of para-hydroxylation sites is 1. The minimum Gasteiger partial charge on any atom is -0.365 e. The van der Waals surface area contributed by atoms with E-state index in [4.69, 9.17) is 0 Å². The number of anilines is 1. The van der Waals surface area contributed by atoms with Crippen molar-refractivity contribution in [3.63, 3.8) is 0 Å².